The summed E-state index contributed by atoms with van der Waals surface area (Å²) in [6, 6.07) is 0. The van der Waals surface area contributed by atoms with Gasteiger partial charge in [0, 0.05) is 5.75 Å². The summed E-state index contributed by atoms with van der Waals surface area (Å²) in [4.78, 5) is 0. The van der Waals surface area contributed by atoms with Crippen molar-refractivity contribution in [3.05, 3.63) is 0 Å². The molecule has 1 saturated heterocycles. The fraction of sp³-hybridized carbons (Fsp3) is 1.00. The first kappa shape index (κ1) is 13.3. The summed E-state index contributed by atoms with van der Waals surface area (Å²) in [5, 5.41) is 28.4. The SMILES string of the molecule is CC(C)(C)CS[C@@H]1OC[C@@H](O)[C@H](O)[C@H]1O. The van der Waals surface area contributed by atoms with E-state index < -0.39 is 23.7 Å². The fourth-order valence-corrected chi connectivity index (χ4v) is 2.46. The maximum atomic E-state index is 9.65. The zero-order chi connectivity index (χ0) is 11.6. The first-order valence-electron chi connectivity index (χ1n) is 5.09. The summed E-state index contributed by atoms with van der Waals surface area (Å²) in [5.74, 6) is 0.831. The van der Waals surface area contributed by atoms with E-state index in [1.54, 1.807) is 0 Å². The second kappa shape index (κ2) is 5.01. The quantitative estimate of drug-likeness (QED) is 0.639. The molecule has 5 heteroatoms. The minimum absolute atomic E-state index is 0.0834. The molecule has 0 aliphatic carbocycles. The molecule has 1 fully saturated rings. The van der Waals surface area contributed by atoms with Gasteiger partial charge in [-0.2, -0.15) is 0 Å². The van der Waals surface area contributed by atoms with Crippen LogP contribution in [0.5, 0.6) is 0 Å². The van der Waals surface area contributed by atoms with Crippen LogP contribution in [0.4, 0.5) is 0 Å². The Morgan fingerprint density at radius 2 is 1.80 bits per heavy atom. The molecule has 0 aromatic heterocycles. The molecule has 0 amide bonds. The van der Waals surface area contributed by atoms with Gasteiger partial charge >= 0.3 is 0 Å². The Labute approximate surface area is 94.6 Å². The Bertz CT molecular complexity index is 204. The first-order chi connectivity index (χ1) is 6.81. The Balaban J connectivity index is 2.43. The molecule has 1 aliphatic rings. The molecule has 3 N–H and O–H groups in total. The summed E-state index contributed by atoms with van der Waals surface area (Å²) < 4.78 is 5.27. The van der Waals surface area contributed by atoms with Crippen LogP contribution in [0.15, 0.2) is 0 Å². The third-order valence-electron chi connectivity index (χ3n) is 2.13. The van der Waals surface area contributed by atoms with Gasteiger partial charge in [-0.3, -0.25) is 0 Å². The number of aliphatic hydroxyl groups is 3. The topological polar surface area (TPSA) is 69.9 Å². The largest absolute Gasteiger partial charge is 0.388 e. The van der Waals surface area contributed by atoms with Crippen molar-refractivity contribution in [1.82, 2.24) is 0 Å². The predicted molar refractivity (Wildman–Crippen MR) is 59.7 cm³/mol. The molecule has 0 spiro atoms. The van der Waals surface area contributed by atoms with Gasteiger partial charge < -0.3 is 20.1 Å². The average Bonchev–Trinajstić information content (AvgIpc) is 2.12. The average molecular weight is 236 g/mol. The number of hydrogen-bond acceptors (Lipinski definition) is 5. The Kier molecular flexibility index (Phi) is 4.43. The number of ether oxygens (including phenoxy) is 1. The number of hydrogen-bond donors (Lipinski definition) is 3. The summed E-state index contributed by atoms with van der Waals surface area (Å²) in [5.41, 5.74) is -0.294. The molecule has 0 saturated carbocycles. The Morgan fingerprint density at radius 1 is 1.20 bits per heavy atom. The van der Waals surface area contributed by atoms with Crippen LogP contribution in [0.25, 0.3) is 0 Å². The fourth-order valence-electron chi connectivity index (χ4n) is 1.26. The lowest BCUT2D eigenvalue weighted by molar-refractivity contribution is -0.161. The van der Waals surface area contributed by atoms with Crippen LogP contribution in [-0.2, 0) is 4.74 Å². The van der Waals surface area contributed by atoms with E-state index in [9.17, 15) is 15.3 Å². The summed E-state index contributed by atoms with van der Waals surface area (Å²) >= 11 is 1.47. The van der Waals surface area contributed by atoms with Crippen molar-refractivity contribution < 1.29 is 20.1 Å². The highest BCUT2D eigenvalue weighted by molar-refractivity contribution is 7.99. The highest BCUT2D eigenvalue weighted by Crippen LogP contribution is 2.29. The molecule has 15 heavy (non-hydrogen) atoms. The van der Waals surface area contributed by atoms with E-state index in [4.69, 9.17) is 4.74 Å². The Hall–Kier alpha value is 0.190. The van der Waals surface area contributed by atoms with Crippen molar-refractivity contribution in [1.29, 1.82) is 0 Å². The van der Waals surface area contributed by atoms with Crippen LogP contribution >= 0.6 is 11.8 Å². The van der Waals surface area contributed by atoms with Gasteiger partial charge in [-0.15, -0.1) is 11.8 Å². The highest BCUT2D eigenvalue weighted by atomic mass is 32.2. The van der Waals surface area contributed by atoms with Gasteiger partial charge in [0.1, 0.15) is 23.7 Å². The van der Waals surface area contributed by atoms with Gasteiger partial charge in [0.05, 0.1) is 6.61 Å². The van der Waals surface area contributed by atoms with E-state index >= 15 is 0 Å². The van der Waals surface area contributed by atoms with Crippen molar-refractivity contribution in [3.63, 3.8) is 0 Å². The van der Waals surface area contributed by atoms with Gasteiger partial charge in [0.15, 0.2) is 0 Å². The molecule has 4 nitrogen and oxygen atoms in total. The molecule has 1 aliphatic heterocycles. The van der Waals surface area contributed by atoms with Crippen molar-refractivity contribution in [2.45, 2.75) is 44.5 Å². The lowest BCUT2D eigenvalue weighted by Gasteiger charge is -2.35. The molecule has 1 heterocycles. The van der Waals surface area contributed by atoms with Gasteiger partial charge in [0.2, 0.25) is 0 Å². The van der Waals surface area contributed by atoms with E-state index in [2.05, 4.69) is 20.8 Å². The molecule has 0 bridgehead atoms. The van der Waals surface area contributed by atoms with Crippen LogP contribution < -0.4 is 0 Å². The third-order valence-corrected chi connectivity index (χ3v) is 3.91. The van der Waals surface area contributed by atoms with Crippen molar-refractivity contribution in [2.24, 2.45) is 5.41 Å². The van der Waals surface area contributed by atoms with E-state index in [0.29, 0.717) is 0 Å². The minimum Gasteiger partial charge on any atom is -0.388 e. The van der Waals surface area contributed by atoms with Crippen molar-refractivity contribution >= 4 is 11.8 Å². The maximum absolute atomic E-state index is 9.65. The lowest BCUT2D eigenvalue weighted by Crippen LogP contribution is -2.51. The number of thioether (sulfide) groups is 1. The zero-order valence-electron chi connectivity index (χ0n) is 9.38. The number of rotatable bonds is 2. The van der Waals surface area contributed by atoms with Gasteiger partial charge in [-0.1, -0.05) is 20.8 Å². The zero-order valence-corrected chi connectivity index (χ0v) is 10.2. The number of aliphatic hydroxyl groups excluding tert-OH is 3. The van der Waals surface area contributed by atoms with E-state index in [1.807, 2.05) is 0 Å². The van der Waals surface area contributed by atoms with Gasteiger partial charge in [0.25, 0.3) is 0 Å². The van der Waals surface area contributed by atoms with Crippen LogP contribution in [0.3, 0.4) is 0 Å². The molecule has 0 aromatic carbocycles. The smallest absolute Gasteiger partial charge is 0.131 e. The normalized spacial score (nSPS) is 38.0. The second-order valence-electron chi connectivity index (χ2n) is 5.12. The maximum Gasteiger partial charge on any atom is 0.131 e. The van der Waals surface area contributed by atoms with Crippen molar-refractivity contribution in [2.75, 3.05) is 12.4 Å². The van der Waals surface area contributed by atoms with Crippen LogP contribution in [0.2, 0.25) is 0 Å². The molecule has 0 radical (unpaired) electrons. The third kappa shape index (κ3) is 3.92. The molecule has 1 rings (SSSR count). The van der Waals surface area contributed by atoms with E-state index in [1.165, 1.54) is 11.8 Å². The molecule has 0 aromatic rings. The summed E-state index contributed by atoms with van der Waals surface area (Å²) in [6.45, 7) is 6.38. The van der Waals surface area contributed by atoms with E-state index in [0.717, 1.165) is 5.75 Å². The second-order valence-corrected chi connectivity index (χ2v) is 6.21. The minimum atomic E-state index is -1.10. The lowest BCUT2D eigenvalue weighted by atomic mass is 10.0. The predicted octanol–water partition coefficient (Wildman–Crippen LogP) is 0.205. The summed E-state index contributed by atoms with van der Waals surface area (Å²) in [6.07, 6.45) is -3.09. The molecule has 4 atom stereocenters. The summed E-state index contributed by atoms with van der Waals surface area (Å²) in [7, 11) is 0. The van der Waals surface area contributed by atoms with Crippen LogP contribution in [0.1, 0.15) is 20.8 Å². The first-order valence-corrected chi connectivity index (χ1v) is 6.13. The van der Waals surface area contributed by atoms with E-state index in [-0.39, 0.29) is 12.0 Å². The Morgan fingerprint density at radius 3 is 2.33 bits per heavy atom. The molecule has 90 valence electrons. The monoisotopic (exact) mass is 236 g/mol. The van der Waals surface area contributed by atoms with Crippen LogP contribution in [0, 0.1) is 5.41 Å². The molecular formula is C10H20O4S. The van der Waals surface area contributed by atoms with Crippen molar-refractivity contribution in [3.8, 4) is 0 Å². The van der Waals surface area contributed by atoms with Gasteiger partial charge in [-0.05, 0) is 5.41 Å². The van der Waals surface area contributed by atoms with Crippen LogP contribution in [-0.4, -0.2) is 51.4 Å². The highest BCUT2D eigenvalue weighted by Gasteiger charge is 2.38. The van der Waals surface area contributed by atoms with Gasteiger partial charge in [-0.25, -0.2) is 0 Å². The standard InChI is InChI=1S/C10H20O4S/c1-10(2,3)5-15-9-8(13)7(12)6(11)4-14-9/h6-9,11-13H,4-5H2,1-3H3/t6-,7+,8-,9+/m1/s1. The molecular weight excluding hydrogens is 216 g/mol. The molecule has 0 unspecified atom stereocenters.